The number of benzene rings is 2. The van der Waals surface area contributed by atoms with Crippen LogP contribution in [0.4, 0.5) is 5.69 Å². The summed E-state index contributed by atoms with van der Waals surface area (Å²) in [6.45, 7) is 4.58. The molecule has 0 aliphatic carbocycles. The Balaban J connectivity index is 2.43. The largest absolute Gasteiger partial charge is 0.493 e. The van der Waals surface area contributed by atoms with Crippen molar-refractivity contribution < 1.29 is 9.53 Å². The van der Waals surface area contributed by atoms with Gasteiger partial charge in [-0.2, -0.15) is 0 Å². The van der Waals surface area contributed by atoms with Gasteiger partial charge in [-0.25, -0.2) is 0 Å². The number of para-hydroxylation sites is 1. The Hall–Kier alpha value is -2.29. The molecule has 0 saturated heterocycles. The fourth-order valence-electron chi connectivity index (χ4n) is 2.01. The normalized spacial score (nSPS) is 10.3. The third-order valence-corrected chi connectivity index (χ3v) is 3.05. The Kier molecular flexibility index (Phi) is 4.41. The summed E-state index contributed by atoms with van der Waals surface area (Å²) in [6.07, 6.45) is 0.898. The van der Waals surface area contributed by atoms with Crippen LogP contribution >= 0.6 is 0 Å². The minimum Gasteiger partial charge on any atom is -0.493 e. The topological polar surface area (TPSA) is 52.3 Å². The molecule has 0 bridgehead atoms. The molecular weight excluding hydrogens is 250 g/mol. The highest BCUT2D eigenvalue weighted by Gasteiger charge is 2.17. The standard InChI is InChI=1S/C17H19NO2/c1-3-10-20-16-9-8-12(2)11-14(16)17(19)13-6-4-5-7-15(13)18/h4-9,11H,3,10,18H2,1-2H3. The quantitative estimate of drug-likeness (QED) is 0.666. The van der Waals surface area contributed by atoms with Crippen LogP contribution in [0.3, 0.4) is 0 Å². The zero-order valence-electron chi connectivity index (χ0n) is 11.8. The monoisotopic (exact) mass is 269 g/mol. The fourth-order valence-corrected chi connectivity index (χ4v) is 2.01. The molecule has 2 N–H and O–H groups in total. The van der Waals surface area contributed by atoms with Crippen LogP contribution in [-0.4, -0.2) is 12.4 Å². The third-order valence-electron chi connectivity index (χ3n) is 3.05. The summed E-state index contributed by atoms with van der Waals surface area (Å²) in [5.41, 5.74) is 8.47. The number of nitrogens with two attached hydrogens (primary N) is 1. The second-order valence-electron chi connectivity index (χ2n) is 4.76. The lowest BCUT2D eigenvalue weighted by Crippen LogP contribution is -2.08. The van der Waals surface area contributed by atoms with Gasteiger partial charge in [0, 0.05) is 11.3 Å². The van der Waals surface area contributed by atoms with Crippen molar-refractivity contribution in [2.75, 3.05) is 12.3 Å². The van der Waals surface area contributed by atoms with Crippen molar-refractivity contribution in [1.82, 2.24) is 0 Å². The Morgan fingerprint density at radius 2 is 1.90 bits per heavy atom. The first kappa shape index (κ1) is 14.1. The van der Waals surface area contributed by atoms with Gasteiger partial charge in [0.25, 0.3) is 0 Å². The molecule has 0 aliphatic heterocycles. The maximum atomic E-state index is 12.6. The van der Waals surface area contributed by atoms with E-state index in [4.69, 9.17) is 10.5 Å². The first-order valence-electron chi connectivity index (χ1n) is 6.76. The van der Waals surface area contributed by atoms with E-state index < -0.39 is 0 Å². The highest BCUT2D eigenvalue weighted by atomic mass is 16.5. The van der Waals surface area contributed by atoms with E-state index in [0.717, 1.165) is 12.0 Å². The number of ether oxygens (including phenoxy) is 1. The summed E-state index contributed by atoms with van der Waals surface area (Å²) in [5, 5.41) is 0. The Morgan fingerprint density at radius 1 is 1.15 bits per heavy atom. The van der Waals surface area contributed by atoms with E-state index in [2.05, 4.69) is 0 Å². The maximum Gasteiger partial charge on any atom is 0.198 e. The van der Waals surface area contributed by atoms with Gasteiger partial charge in [-0.15, -0.1) is 0 Å². The average molecular weight is 269 g/mol. The van der Waals surface area contributed by atoms with Crippen LogP contribution in [0.25, 0.3) is 0 Å². The smallest absolute Gasteiger partial charge is 0.198 e. The van der Waals surface area contributed by atoms with E-state index >= 15 is 0 Å². The third kappa shape index (κ3) is 2.99. The van der Waals surface area contributed by atoms with Gasteiger partial charge in [-0.1, -0.05) is 30.7 Å². The van der Waals surface area contributed by atoms with Crippen LogP contribution in [0.1, 0.15) is 34.8 Å². The van der Waals surface area contributed by atoms with Gasteiger partial charge in [-0.3, -0.25) is 4.79 Å². The lowest BCUT2D eigenvalue weighted by molar-refractivity contribution is 0.103. The molecule has 0 aliphatic rings. The Labute approximate surface area is 119 Å². The number of carbonyl (C=O) groups is 1. The minimum atomic E-state index is -0.0992. The van der Waals surface area contributed by atoms with Crippen molar-refractivity contribution in [3.05, 3.63) is 59.2 Å². The number of hydrogen-bond donors (Lipinski definition) is 1. The molecule has 0 amide bonds. The summed E-state index contributed by atoms with van der Waals surface area (Å²) in [6, 6.07) is 12.7. The van der Waals surface area contributed by atoms with Crippen molar-refractivity contribution in [2.45, 2.75) is 20.3 Å². The fraction of sp³-hybridized carbons (Fsp3) is 0.235. The van der Waals surface area contributed by atoms with E-state index in [0.29, 0.717) is 29.2 Å². The number of ketones is 1. The molecule has 0 aromatic heterocycles. The molecular formula is C17H19NO2. The molecule has 3 heteroatoms. The molecule has 104 valence electrons. The van der Waals surface area contributed by atoms with E-state index in [1.807, 2.05) is 44.2 Å². The van der Waals surface area contributed by atoms with Crippen LogP contribution in [0.2, 0.25) is 0 Å². The van der Waals surface area contributed by atoms with Crippen molar-refractivity contribution in [2.24, 2.45) is 0 Å². The van der Waals surface area contributed by atoms with Crippen LogP contribution in [0, 0.1) is 6.92 Å². The molecule has 0 saturated carbocycles. The number of carbonyl (C=O) groups excluding carboxylic acids is 1. The van der Waals surface area contributed by atoms with E-state index in [1.54, 1.807) is 12.1 Å². The predicted molar refractivity (Wildman–Crippen MR) is 81.3 cm³/mol. The van der Waals surface area contributed by atoms with Crippen LogP contribution < -0.4 is 10.5 Å². The minimum absolute atomic E-state index is 0.0992. The number of rotatable bonds is 5. The van der Waals surface area contributed by atoms with Crippen molar-refractivity contribution in [3.63, 3.8) is 0 Å². The zero-order chi connectivity index (χ0) is 14.5. The van der Waals surface area contributed by atoms with Gasteiger partial charge in [0.05, 0.1) is 12.2 Å². The van der Waals surface area contributed by atoms with Crippen LogP contribution in [0.5, 0.6) is 5.75 Å². The summed E-state index contributed by atoms with van der Waals surface area (Å²) in [5.74, 6) is 0.517. The maximum absolute atomic E-state index is 12.6. The molecule has 0 radical (unpaired) electrons. The zero-order valence-corrected chi connectivity index (χ0v) is 11.8. The van der Waals surface area contributed by atoms with E-state index in [9.17, 15) is 4.79 Å². The SMILES string of the molecule is CCCOc1ccc(C)cc1C(=O)c1ccccc1N. The molecule has 0 heterocycles. The molecule has 20 heavy (non-hydrogen) atoms. The predicted octanol–water partition coefficient (Wildman–Crippen LogP) is 3.60. The van der Waals surface area contributed by atoms with E-state index in [-0.39, 0.29) is 5.78 Å². The summed E-state index contributed by atoms with van der Waals surface area (Å²) in [7, 11) is 0. The van der Waals surface area contributed by atoms with Crippen molar-refractivity contribution in [1.29, 1.82) is 0 Å². The van der Waals surface area contributed by atoms with Gasteiger partial charge in [0.2, 0.25) is 0 Å². The molecule has 0 fully saturated rings. The Morgan fingerprint density at radius 3 is 2.60 bits per heavy atom. The van der Waals surface area contributed by atoms with Crippen LogP contribution in [-0.2, 0) is 0 Å². The number of anilines is 1. The first-order chi connectivity index (χ1) is 9.63. The van der Waals surface area contributed by atoms with Crippen molar-refractivity contribution >= 4 is 11.5 Å². The lowest BCUT2D eigenvalue weighted by Gasteiger charge is -2.12. The van der Waals surface area contributed by atoms with Gasteiger partial charge in [0.1, 0.15) is 5.75 Å². The van der Waals surface area contributed by atoms with Crippen molar-refractivity contribution in [3.8, 4) is 5.75 Å². The summed E-state index contributed by atoms with van der Waals surface area (Å²) < 4.78 is 5.66. The highest BCUT2D eigenvalue weighted by molar-refractivity contribution is 6.13. The van der Waals surface area contributed by atoms with Gasteiger partial charge in [0.15, 0.2) is 5.78 Å². The van der Waals surface area contributed by atoms with Crippen LogP contribution in [0.15, 0.2) is 42.5 Å². The number of aryl methyl sites for hydroxylation is 1. The molecule has 0 atom stereocenters. The molecule has 0 unspecified atom stereocenters. The number of nitrogen functional groups attached to an aromatic ring is 1. The second-order valence-corrected chi connectivity index (χ2v) is 4.76. The summed E-state index contributed by atoms with van der Waals surface area (Å²) >= 11 is 0. The summed E-state index contributed by atoms with van der Waals surface area (Å²) in [4.78, 5) is 12.6. The van der Waals surface area contributed by atoms with Gasteiger partial charge in [-0.05, 0) is 37.6 Å². The van der Waals surface area contributed by atoms with Gasteiger partial charge < -0.3 is 10.5 Å². The van der Waals surface area contributed by atoms with Gasteiger partial charge >= 0.3 is 0 Å². The molecule has 2 rings (SSSR count). The molecule has 2 aromatic rings. The number of hydrogen-bond acceptors (Lipinski definition) is 3. The first-order valence-corrected chi connectivity index (χ1v) is 6.76. The highest BCUT2D eigenvalue weighted by Crippen LogP contribution is 2.25. The average Bonchev–Trinajstić information content (AvgIpc) is 2.46. The second kappa shape index (κ2) is 6.24. The van der Waals surface area contributed by atoms with E-state index in [1.165, 1.54) is 0 Å². The Bertz CT molecular complexity index is 620. The lowest BCUT2D eigenvalue weighted by atomic mass is 9.99. The molecule has 2 aromatic carbocycles. The molecule has 3 nitrogen and oxygen atoms in total. The molecule has 0 spiro atoms.